The van der Waals surface area contributed by atoms with Crippen molar-refractivity contribution in [1.82, 2.24) is 10.2 Å². The highest BCUT2D eigenvalue weighted by atomic mass is 16.2. The van der Waals surface area contributed by atoms with Crippen molar-refractivity contribution in [1.29, 1.82) is 0 Å². The second kappa shape index (κ2) is 17.8. The maximum atomic E-state index is 12.2. The van der Waals surface area contributed by atoms with Crippen LogP contribution >= 0.6 is 0 Å². The predicted octanol–water partition coefficient (Wildman–Crippen LogP) is 6.72. The molecule has 0 aromatic rings. The Morgan fingerprint density at radius 1 is 0.828 bits per heavy atom. The average Bonchev–Trinajstić information content (AvgIpc) is 3.14. The number of unbranched alkanes of at least 4 members (excludes halogenated alkanes) is 14. The first kappa shape index (κ1) is 26.0. The summed E-state index contributed by atoms with van der Waals surface area (Å²) in [7, 11) is 0. The fourth-order valence-electron chi connectivity index (χ4n) is 4.31. The zero-order valence-corrected chi connectivity index (χ0v) is 19.5. The SMILES string of the molecule is CCCCCCCCCCCCCCCCCC(=O)NC(CC)N1CCCC1=O. The quantitative estimate of drug-likeness (QED) is 0.241. The molecule has 1 aliphatic heterocycles. The molecule has 1 unspecified atom stereocenters. The molecule has 1 heterocycles. The van der Waals surface area contributed by atoms with Crippen molar-refractivity contribution in [2.75, 3.05) is 6.54 Å². The number of nitrogens with zero attached hydrogens (tertiary/aromatic N) is 1. The first-order valence-corrected chi connectivity index (χ1v) is 12.8. The lowest BCUT2D eigenvalue weighted by molar-refractivity contribution is -0.132. The van der Waals surface area contributed by atoms with Crippen molar-refractivity contribution in [3.8, 4) is 0 Å². The van der Waals surface area contributed by atoms with Gasteiger partial charge in [-0.25, -0.2) is 0 Å². The molecule has 170 valence electrons. The molecule has 0 aliphatic carbocycles. The minimum atomic E-state index is -0.103. The van der Waals surface area contributed by atoms with E-state index in [1.54, 1.807) is 0 Å². The monoisotopic (exact) mass is 408 g/mol. The van der Waals surface area contributed by atoms with Gasteiger partial charge in [0.15, 0.2) is 0 Å². The molecule has 29 heavy (non-hydrogen) atoms. The molecule has 4 nitrogen and oxygen atoms in total. The number of likely N-dealkylation sites (tertiary alicyclic amines) is 1. The molecule has 1 atom stereocenters. The second-order valence-electron chi connectivity index (χ2n) is 8.88. The van der Waals surface area contributed by atoms with Gasteiger partial charge in [0.1, 0.15) is 6.17 Å². The Balaban J connectivity index is 1.86. The zero-order chi connectivity index (χ0) is 21.2. The molecule has 1 saturated heterocycles. The molecule has 0 aromatic carbocycles. The molecule has 0 bridgehead atoms. The summed E-state index contributed by atoms with van der Waals surface area (Å²) < 4.78 is 0. The van der Waals surface area contributed by atoms with Crippen molar-refractivity contribution in [2.24, 2.45) is 0 Å². The third kappa shape index (κ3) is 13.0. The molecule has 1 rings (SSSR count). The third-order valence-electron chi connectivity index (χ3n) is 6.21. The van der Waals surface area contributed by atoms with E-state index in [4.69, 9.17) is 0 Å². The molecule has 2 amide bonds. The summed E-state index contributed by atoms with van der Waals surface area (Å²) in [5.74, 6) is 0.287. The lowest BCUT2D eigenvalue weighted by atomic mass is 10.0. The number of rotatable bonds is 19. The van der Waals surface area contributed by atoms with Gasteiger partial charge in [-0.1, -0.05) is 104 Å². The van der Waals surface area contributed by atoms with E-state index in [0.29, 0.717) is 12.8 Å². The maximum Gasteiger partial charge on any atom is 0.224 e. The third-order valence-corrected chi connectivity index (χ3v) is 6.21. The Morgan fingerprint density at radius 3 is 1.72 bits per heavy atom. The van der Waals surface area contributed by atoms with Gasteiger partial charge in [-0.15, -0.1) is 0 Å². The van der Waals surface area contributed by atoms with Gasteiger partial charge in [-0.05, 0) is 19.3 Å². The van der Waals surface area contributed by atoms with E-state index >= 15 is 0 Å². The maximum absolute atomic E-state index is 12.2. The van der Waals surface area contributed by atoms with Crippen LogP contribution in [0.1, 0.15) is 136 Å². The van der Waals surface area contributed by atoms with Crippen LogP contribution in [0.5, 0.6) is 0 Å². The molecule has 0 saturated carbocycles. The van der Waals surface area contributed by atoms with Crippen LogP contribution in [0.2, 0.25) is 0 Å². The topological polar surface area (TPSA) is 49.4 Å². The number of nitrogens with one attached hydrogen (secondary N) is 1. The second-order valence-corrected chi connectivity index (χ2v) is 8.88. The minimum Gasteiger partial charge on any atom is -0.336 e. The smallest absolute Gasteiger partial charge is 0.224 e. The summed E-state index contributed by atoms with van der Waals surface area (Å²) >= 11 is 0. The number of hydrogen-bond donors (Lipinski definition) is 1. The van der Waals surface area contributed by atoms with Crippen LogP contribution in [-0.4, -0.2) is 29.4 Å². The first-order chi connectivity index (χ1) is 14.2. The van der Waals surface area contributed by atoms with Gasteiger partial charge in [-0.2, -0.15) is 0 Å². The van der Waals surface area contributed by atoms with Crippen molar-refractivity contribution >= 4 is 11.8 Å². The molecule has 0 spiro atoms. The van der Waals surface area contributed by atoms with Crippen LogP contribution in [0.25, 0.3) is 0 Å². The van der Waals surface area contributed by atoms with E-state index in [1.165, 1.54) is 83.5 Å². The van der Waals surface area contributed by atoms with Gasteiger partial charge in [0.05, 0.1) is 0 Å². The fourth-order valence-corrected chi connectivity index (χ4v) is 4.31. The highest BCUT2D eigenvalue weighted by Crippen LogP contribution is 2.15. The van der Waals surface area contributed by atoms with Gasteiger partial charge in [-0.3, -0.25) is 9.59 Å². The van der Waals surface area contributed by atoms with Gasteiger partial charge in [0, 0.05) is 19.4 Å². The van der Waals surface area contributed by atoms with E-state index in [0.717, 1.165) is 32.2 Å². The standard InChI is InChI=1S/C25H48N2O2/c1-3-5-6-7-8-9-10-11-12-13-14-15-16-17-18-20-24(28)26-23(4-2)27-22-19-21-25(27)29/h23H,3-22H2,1-2H3,(H,26,28). The van der Waals surface area contributed by atoms with E-state index in [-0.39, 0.29) is 18.0 Å². The Kier molecular flexibility index (Phi) is 15.9. The molecular weight excluding hydrogens is 360 g/mol. The number of hydrogen-bond acceptors (Lipinski definition) is 2. The van der Waals surface area contributed by atoms with Gasteiger partial charge in [0.25, 0.3) is 0 Å². The Bertz CT molecular complexity index is 425. The molecule has 0 radical (unpaired) electrons. The summed E-state index contributed by atoms with van der Waals surface area (Å²) in [5, 5.41) is 3.05. The van der Waals surface area contributed by atoms with Gasteiger partial charge >= 0.3 is 0 Å². The van der Waals surface area contributed by atoms with Crippen LogP contribution in [0.3, 0.4) is 0 Å². The van der Waals surface area contributed by atoms with Gasteiger partial charge < -0.3 is 10.2 Å². The summed E-state index contributed by atoms with van der Waals surface area (Å²) in [5.41, 5.74) is 0. The van der Waals surface area contributed by atoms with Crippen molar-refractivity contribution in [3.05, 3.63) is 0 Å². The van der Waals surface area contributed by atoms with E-state index in [9.17, 15) is 9.59 Å². The fraction of sp³-hybridized carbons (Fsp3) is 0.920. The Labute approximate surface area is 180 Å². The molecule has 4 heteroatoms. The number of carbonyl (C=O) groups is 2. The van der Waals surface area contributed by atoms with E-state index in [1.807, 2.05) is 11.8 Å². The molecule has 1 fully saturated rings. The Morgan fingerprint density at radius 2 is 1.31 bits per heavy atom. The summed E-state index contributed by atoms with van der Waals surface area (Å²) in [6.07, 6.45) is 22.9. The average molecular weight is 409 g/mol. The minimum absolute atomic E-state index is 0.103. The Hall–Kier alpha value is -1.06. The summed E-state index contributed by atoms with van der Waals surface area (Å²) in [6, 6.07) is 0. The molecule has 0 aromatic heterocycles. The lowest BCUT2D eigenvalue weighted by Gasteiger charge is -2.27. The van der Waals surface area contributed by atoms with Crippen LogP contribution in [0.4, 0.5) is 0 Å². The zero-order valence-electron chi connectivity index (χ0n) is 19.5. The van der Waals surface area contributed by atoms with Crippen LogP contribution in [-0.2, 0) is 9.59 Å². The van der Waals surface area contributed by atoms with Crippen LogP contribution < -0.4 is 5.32 Å². The van der Waals surface area contributed by atoms with Crippen molar-refractivity contribution in [3.63, 3.8) is 0 Å². The van der Waals surface area contributed by atoms with Crippen LogP contribution in [0, 0.1) is 0 Å². The van der Waals surface area contributed by atoms with E-state index < -0.39 is 0 Å². The summed E-state index contributed by atoms with van der Waals surface area (Å²) in [6.45, 7) is 5.10. The summed E-state index contributed by atoms with van der Waals surface area (Å²) in [4.78, 5) is 25.8. The largest absolute Gasteiger partial charge is 0.336 e. The highest BCUT2D eigenvalue weighted by molar-refractivity contribution is 5.80. The normalized spacial score (nSPS) is 15.1. The van der Waals surface area contributed by atoms with E-state index in [2.05, 4.69) is 12.2 Å². The van der Waals surface area contributed by atoms with Crippen LogP contribution in [0.15, 0.2) is 0 Å². The highest BCUT2D eigenvalue weighted by Gasteiger charge is 2.27. The number of amides is 2. The van der Waals surface area contributed by atoms with Gasteiger partial charge in [0.2, 0.25) is 11.8 Å². The molecule has 1 aliphatic rings. The molecular formula is C25H48N2O2. The van der Waals surface area contributed by atoms with Crippen molar-refractivity contribution < 1.29 is 9.59 Å². The molecule has 1 N–H and O–H groups in total. The van der Waals surface area contributed by atoms with Crippen molar-refractivity contribution in [2.45, 2.75) is 142 Å². The first-order valence-electron chi connectivity index (χ1n) is 12.8. The predicted molar refractivity (Wildman–Crippen MR) is 123 cm³/mol. The number of carbonyl (C=O) groups excluding carboxylic acids is 2. The lowest BCUT2D eigenvalue weighted by Crippen LogP contribution is -2.48.